The number of phenolic OH excluding ortho intramolecular Hbond substituents is 2. The van der Waals surface area contributed by atoms with Gasteiger partial charge in [0, 0.05) is 6.42 Å². The molecule has 0 aromatic heterocycles. The van der Waals surface area contributed by atoms with Gasteiger partial charge in [-0.3, -0.25) is 14.7 Å². The Morgan fingerprint density at radius 1 is 1.19 bits per heavy atom. The number of carboxylic acids is 1. The van der Waals surface area contributed by atoms with Gasteiger partial charge in [-0.1, -0.05) is 6.07 Å². The van der Waals surface area contributed by atoms with E-state index in [1.807, 2.05) is 5.43 Å². The van der Waals surface area contributed by atoms with Crippen molar-refractivity contribution in [3.05, 3.63) is 23.8 Å². The number of benzene rings is 1. The molecule has 1 aromatic rings. The number of hydrogen-bond donors (Lipinski definition) is 7. The maximum absolute atomic E-state index is 11.5. The summed E-state index contributed by atoms with van der Waals surface area (Å²) in [5, 5.41) is 28.1. The monoisotopic (exact) mass is 394 g/mol. The first-order valence-corrected chi connectivity index (χ1v) is 8.60. The smallest absolute Gasteiger partial charge is 0.469 e. The van der Waals surface area contributed by atoms with Crippen LogP contribution in [0.2, 0.25) is 0 Å². The summed E-state index contributed by atoms with van der Waals surface area (Å²) in [6, 6.07) is 3.77. The first-order chi connectivity index (χ1) is 11.9. The number of phenols is 2. The van der Waals surface area contributed by atoms with Crippen LogP contribution in [0.3, 0.4) is 0 Å². The number of hydrazine groups is 1. The van der Waals surface area contributed by atoms with Gasteiger partial charge in [-0.25, -0.2) is 14.8 Å². The van der Waals surface area contributed by atoms with Crippen molar-refractivity contribution in [2.45, 2.75) is 18.9 Å². The third-order valence-electron chi connectivity index (χ3n) is 3.09. The molecule has 0 aliphatic heterocycles. The average molecular weight is 394 g/mol. The number of phosphoric ester groups is 1. The van der Waals surface area contributed by atoms with Gasteiger partial charge in [-0.05, 0) is 24.6 Å². The minimum atomic E-state index is -4.67. The van der Waals surface area contributed by atoms with Crippen LogP contribution < -0.4 is 10.9 Å². The molecule has 1 aromatic carbocycles. The molecule has 13 heteroatoms. The van der Waals surface area contributed by atoms with Gasteiger partial charge in [0.05, 0.1) is 6.61 Å². The second kappa shape index (κ2) is 8.83. The summed E-state index contributed by atoms with van der Waals surface area (Å²) in [5.74, 6) is -2.11. The quantitative estimate of drug-likeness (QED) is 0.127. The summed E-state index contributed by atoms with van der Waals surface area (Å²) < 4.78 is 19.0. The molecule has 1 amide bonds. The minimum Gasteiger partial charge on any atom is -0.504 e. The van der Waals surface area contributed by atoms with Crippen LogP contribution in [-0.4, -0.2) is 55.9 Å². The van der Waals surface area contributed by atoms with Crippen LogP contribution in [-0.2, 0) is 25.0 Å². The van der Waals surface area contributed by atoms with Crippen LogP contribution in [0.25, 0.3) is 0 Å². The van der Waals surface area contributed by atoms with Crippen molar-refractivity contribution in [3.63, 3.8) is 0 Å². The molecule has 0 bridgehead atoms. The van der Waals surface area contributed by atoms with Crippen molar-refractivity contribution in [2.24, 2.45) is 0 Å². The van der Waals surface area contributed by atoms with Gasteiger partial charge in [-0.15, -0.1) is 0 Å². The Hall–Kier alpha value is -2.37. The van der Waals surface area contributed by atoms with Crippen LogP contribution in [0.5, 0.6) is 11.5 Å². The molecule has 1 rings (SSSR count). The van der Waals surface area contributed by atoms with E-state index < -0.39 is 44.4 Å². The predicted molar refractivity (Wildman–Crippen MR) is 85.1 cm³/mol. The average Bonchev–Trinajstić information content (AvgIpc) is 2.52. The van der Waals surface area contributed by atoms with Crippen molar-refractivity contribution < 1.29 is 48.5 Å². The first-order valence-electron chi connectivity index (χ1n) is 7.07. The van der Waals surface area contributed by atoms with Crippen LogP contribution in [0.1, 0.15) is 12.5 Å². The highest BCUT2D eigenvalue weighted by Gasteiger charge is 2.34. The van der Waals surface area contributed by atoms with E-state index in [-0.39, 0.29) is 12.2 Å². The molecular weight excluding hydrogens is 375 g/mol. The van der Waals surface area contributed by atoms with E-state index in [1.54, 1.807) is 0 Å². The molecule has 146 valence electrons. The van der Waals surface area contributed by atoms with E-state index in [4.69, 9.17) is 9.79 Å². The van der Waals surface area contributed by atoms with Gasteiger partial charge in [0.25, 0.3) is 0 Å². The zero-order chi connectivity index (χ0) is 20.0. The first kappa shape index (κ1) is 21.7. The van der Waals surface area contributed by atoms with E-state index >= 15 is 0 Å². The number of amides is 1. The molecule has 7 N–H and O–H groups in total. The normalized spacial score (nSPS) is 13.7. The van der Waals surface area contributed by atoms with E-state index in [0.717, 1.165) is 0 Å². The molecule has 0 radical (unpaired) electrons. The van der Waals surface area contributed by atoms with Crippen LogP contribution in [0.15, 0.2) is 18.2 Å². The summed E-state index contributed by atoms with van der Waals surface area (Å²) in [6.45, 7) is 0.228. The second-order valence-electron chi connectivity index (χ2n) is 5.35. The maximum atomic E-state index is 11.5. The highest BCUT2D eigenvalue weighted by atomic mass is 31.2. The van der Waals surface area contributed by atoms with Crippen molar-refractivity contribution in [1.29, 1.82) is 0 Å². The van der Waals surface area contributed by atoms with Gasteiger partial charge in [-0.2, -0.15) is 0 Å². The Labute approximate surface area is 147 Å². The fourth-order valence-corrected chi connectivity index (χ4v) is 2.09. The van der Waals surface area contributed by atoms with Crippen molar-refractivity contribution in [2.75, 3.05) is 13.2 Å². The van der Waals surface area contributed by atoms with Crippen molar-refractivity contribution in [3.8, 4) is 11.5 Å². The number of aromatic hydroxyl groups is 2. The summed E-state index contributed by atoms with van der Waals surface area (Å²) in [6.07, 6.45) is -1.27. The molecule has 0 aliphatic rings. The standard InChI is InChI=1S/C13H19N2O10P/c1-13(11(18)19,7-8-2-3-9(16)10(17)6-8)15-14-12(20)24-4-5-25-26(21,22)23/h2-3,6,15-17H,4-5,7H2,1H3,(H,14,20)(H,18,19)(H2,21,22,23)/t13-/m0/s1. The summed E-state index contributed by atoms with van der Waals surface area (Å²) in [5.41, 5.74) is 2.94. The molecule has 0 aliphatic carbocycles. The van der Waals surface area contributed by atoms with E-state index in [9.17, 15) is 29.5 Å². The largest absolute Gasteiger partial charge is 0.504 e. The maximum Gasteiger partial charge on any atom is 0.469 e. The van der Waals surface area contributed by atoms with Gasteiger partial charge in [0.2, 0.25) is 0 Å². The number of carbonyl (C=O) groups excluding carboxylic acids is 1. The molecule has 0 fully saturated rings. The molecule has 0 saturated carbocycles. The molecular formula is C13H19N2O10P. The number of carbonyl (C=O) groups is 2. The lowest BCUT2D eigenvalue weighted by Gasteiger charge is -2.26. The lowest BCUT2D eigenvalue weighted by molar-refractivity contribution is -0.144. The predicted octanol–water partition coefficient (Wildman–Crippen LogP) is -0.176. The summed E-state index contributed by atoms with van der Waals surface area (Å²) in [4.78, 5) is 39.9. The molecule has 0 heterocycles. The third-order valence-corrected chi connectivity index (χ3v) is 3.60. The van der Waals surface area contributed by atoms with Crippen LogP contribution in [0.4, 0.5) is 4.79 Å². The van der Waals surface area contributed by atoms with Gasteiger partial charge in [0.1, 0.15) is 12.1 Å². The molecule has 12 nitrogen and oxygen atoms in total. The van der Waals surface area contributed by atoms with Gasteiger partial charge >= 0.3 is 19.9 Å². The number of nitrogens with one attached hydrogen (secondary N) is 2. The van der Waals surface area contributed by atoms with Gasteiger partial charge in [0.15, 0.2) is 11.5 Å². The zero-order valence-electron chi connectivity index (χ0n) is 13.6. The Balaban J connectivity index is 2.58. The number of hydrogen-bond acceptors (Lipinski definition) is 8. The highest BCUT2D eigenvalue weighted by Crippen LogP contribution is 2.35. The van der Waals surface area contributed by atoms with E-state index in [1.165, 1.54) is 25.1 Å². The number of aliphatic carboxylic acids is 1. The van der Waals surface area contributed by atoms with Gasteiger partial charge < -0.3 is 29.8 Å². The Kier molecular flexibility index (Phi) is 7.36. The fraction of sp³-hybridized carbons (Fsp3) is 0.385. The molecule has 1 atom stereocenters. The SMILES string of the molecule is C[C@@](Cc1ccc(O)c(O)c1)(NNC(=O)OCCOP(=O)(O)O)C(=O)O. The van der Waals surface area contributed by atoms with Crippen LogP contribution in [0, 0.1) is 0 Å². The number of rotatable bonds is 9. The Bertz CT molecular complexity index is 706. The summed E-state index contributed by atoms with van der Waals surface area (Å²) in [7, 11) is -4.67. The molecule has 0 spiro atoms. The molecule has 0 saturated heterocycles. The highest BCUT2D eigenvalue weighted by molar-refractivity contribution is 7.46. The number of carboxylic acid groups (broad SMARTS) is 1. The molecule has 26 heavy (non-hydrogen) atoms. The lowest BCUT2D eigenvalue weighted by Crippen LogP contribution is -2.58. The Morgan fingerprint density at radius 3 is 2.38 bits per heavy atom. The zero-order valence-corrected chi connectivity index (χ0v) is 14.5. The molecule has 0 unspecified atom stereocenters. The van der Waals surface area contributed by atoms with Crippen molar-refractivity contribution in [1.82, 2.24) is 10.9 Å². The number of ether oxygens (including phenoxy) is 1. The minimum absolute atomic E-state index is 0.169. The fourth-order valence-electron chi connectivity index (χ4n) is 1.78. The Morgan fingerprint density at radius 2 is 1.85 bits per heavy atom. The topological polar surface area (TPSA) is 195 Å². The van der Waals surface area contributed by atoms with Crippen molar-refractivity contribution >= 4 is 19.9 Å². The lowest BCUT2D eigenvalue weighted by atomic mass is 9.93. The summed E-state index contributed by atoms with van der Waals surface area (Å²) >= 11 is 0. The second-order valence-corrected chi connectivity index (χ2v) is 6.59. The van der Waals surface area contributed by atoms with E-state index in [0.29, 0.717) is 5.56 Å². The van der Waals surface area contributed by atoms with Crippen LogP contribution >= 0.6 is 7.82 Å². The third kappa shape index (κ3) is 7.25. The van der Waals surface area contributed by atoms with E-state index in [2.05, 4.69) is 14.7 Å². The number of phosphoric acid groups is 1.